The monoisotopic (exact) mass is 259 g/mol. The third-order valence-corrected chi connectivity index (χ3v) is 2.16. The third-order valence-electron chi connectivity index (χ3n) is 2.16. The van der Waals surface area contributed by atoms with Crippen molar-refractivity contribution in [3.63, 3.8) is 0 Å². The van der Waals surface area contributed by atoms with E-state index in [1.54, 1.807) is 0 Å². The molecule has 0 saturated carbocycles. The molecule has 0 radical (unpaired) electrons. The first kappa shape index (κ1) is 14.0. The summed E-state index contributed by atoms with van der Waals surface area (Å²) in [5.41, 5.74) is -0.820. The highest BCUT2D eigenvalue weighted by Crippen LogP contribution is 2.11. The first-order valence-corrected chi connectivity index (χ1v) is 4.94. The molecule has 0 heterocycles. The Bertz CT molecular complexity index is 444. The minimum absolute atomic E-state index is 0.742. The Morgan fingerprint density at radius 2 is 1.94 bits per heavy atom. The van der Waals surface area contributed by atoms with Crippen molar-refractivity contribution in [3.8, 4) is 0 Å². The quantitative estimate of drug-likeness (QED) is 0.759. The summed E-state index contributed by atoms with van der Waals surface area (Å²) in [6.07, 6.45) is 0. The van der Waals surface area contributed by atoms with Crippen molar-refractivity contribution < 1.29 is 28.2 Å². The molecule has 5 nitrogen and oxygen atoms in total. The standard InChI is InChI=1S/C11H11F2NO4/c1-18-11(17)8(5-15)14-10(16)9-6(12)3-2-4-7(9)13/h2-4,8,15H,5H2,1H3,(H,14,16)/t8-/m0/s1. The molecular formula is C11H11F2NO4. The maximum Gasteiger partial charge on any atom is 0.330 e. The van der Waals surface area contributed by atoms with Crippen LogP contribution in [0.15, 0.2) is 18.2 Å². The predicted octanol–water partition coefficient (Wildman–Crippen LogP) is 0.228. The van der Waals surface area contributed by atoms with Gasteiger partial charge in [0, 0.05) is 0 Å². The van der Waals surface area contributed by atoms with Gasteiger partial charge in [0.2, 0.25) is 0 Å². The average Bonchev–Trinajstić information content (AvgIpc) is 2.34. The van der Waals surface area contributed by atoms with Crippen molar-refractivity contribution in [3.05, 3.63) is 35.4 Å². The molecule has 0 aromatic heterocycles. The SMILES string of the molecule is COC(=O)[C@H](CO)NC(=O)c1c(F)cccc1F. The van der Waals surface area contributed by atoms with Crippen LogP contribution in [0.3, 0.4) is 0 Å². The summed E-state index contributed by atoms with van der Waals surface area (Å²) in [6.45, 7) is -0.742. The lowest BCUT2D eigenvalue weighted by molar-refractivity contribution is -0.143. The number of rotatable bonds is 4. The molecule has 1 rings (SSSR count). The molecule has 0 bridgehead atoms. The highest BCUT2D eigenvalue weighted by atomic mass is 19.1. The molecule has 1 atom stereocenters. The molecule has 18 heavy (non-hydrogen) atoms. The maximum absolute atomic E-state index is 13.3. The van der Waals surface area contributed by atoms with Crippen molar-refractivity contribution in [2.24, 2.45) is 0 Å². The number of carbonyl (C=O) groups is 2. The average molecular weight is 259 g/mol. The van der Waals surface area contributed by atoms with E-state index in [9.17, 15) is 18.4 Å². The Hall–Kier alpha value is -2.02. The molecule has 1 aromatic carbocycles. The van der Waals surface area contributed by atoms with Gasteiger partial charge in [-0.2, -0.15) is 0 Å². The summed E-state index contributed by atoms with van der Waals surface area (Å²) in [5, 5.41) is 10.8. The molecular weight excluding hydrogens is 248 g/mol. The number of benzene rings is 1. The van der Waals surface area contributed by atoms with Gasteiger partial charge >= 0.3 is 5.97 Å². The van der Waals surface area contributed by atoms with Crippen LogP contribution in [0, 0.1) is 11.6 Å². The summed E-state index contributed by atoms with van der Waals surface area (Å²) in [5.74, 6) is -4.18. The van der Waals surface area contributed by atoms with Gasteiger partial charge in [0.25, 0.3) is 5.91 Å². The lowest BCUT2D eigenvalue weighted by Gasteiger charge is -2.14. The molecule has 1 aromatic rings. The highest BCUT2D eigenvalue weighted by molar-refractivity contribution is 5.97. The molecule has 7 heteroatoms. The van der Waals surface area contributed by atoms with E-state index in [-0.39, 0.29) is 0 Å². The minimum atomic E-state index is -1.37. The second-order valence-electron chi connectivity index (χ2n) is 3.33. The summed E-state index contributed by atoms with van der Waals surface area (Å²) < 4.78 is 30.8. The van der Waals surface area contributed by atoms with Gasteiger partial charge in [-0.3, -0.25) is 4.79 Å². The summed E-state index contributed by atoms with van der Waals surface area (Å²) >= 11 is 0. The number of aliphatic hydroxyl groups excluding tert-OH is 1. The third kappa shape index (κ3) is 3.01. The Balaban J connectivity index is 2.91. The zero-order valence-electron chi connectivity index (χ0n) is 9.44. The van der Waals surface area contributed by atoms with E-state index in [1.165, 1.54) is 0 Å². The molecule has 0 spiro atoms. The summed E-state index contributed by atoms with van der Waals surface area (Å²) in [4.78, 5) is 22.7. The van der Waals surface area contributed by atoms with E-state index in [2.05, 4.69) is 4.74 Å². The van der Waals surface area contributed by atoms with E-state index >= 15 is 0 Å². The van der Waals surface area contributed by atoms with E-state index in [1.807, 2.05) is 5.32 Å². The molecule has 98 valence electrons. The van der Waals surface area contributed by atoms with E-state index < -0.39 is 41.7 Å². The number of carbonyl (C=O) groups excluding carboxylic acids is 2. The van der Waals surface area contributed by atoms with Crippen LogP contribution < -0.4 is 5.32 Å². The van der Waals surface area contributed by atoms with Crippen LogP contribution in [-0.4, -0.2) is 36.7 Å². The van der Waals surface area contributed by atoms with Crippen LogP contribution in [0.1, 0.15) is 10.4 Å². The molecule has 0 aliphatic heterocycles. The molecule has 0 fully saturated rings. The fourth-order valence-corrected chi connectivity index (χ4v) is 1.27. The highest BCUT2D eigenvalue weighted by Gasteiger charge is 2.24. The molecule has 0 aliphatic rings. The number of hydrogen-bond donors (Lipinski definition) is 2. The Morgan fingerprint density at radius 3 is 2.39 bits per heavy atom. The lowest BCUT2D eigenvalue weighted by Crippen LogP contribution is -2.44. The Kier molecular flexibility index (Phi) is 4.73. The van der Waals surface area contributed by atoms with Gasteiger partial charge < -0.3 is 15.2 Å². The number of ether oxygens (including phenoxy) is 1. The maximum atomic E-state index is 13.3. The topological polar surface area (TPSA) is 75.6 Å². The van der Waals surface area contributed by atoms with Crippen LogP contribution in [0.25, 0.3) is 0 Å². The second-order valence-corrected chi connectivity index (χ2v) is 3.33. The minimum Gasteiger partial charge on any atom is -0.467 e. The molecule has 2 N–H and O–H groups in total. The summed E-state index contributed by atoms with van der Waals surface area (Å²) in [6, 6.07) is 1.54. The van der Waals surface area contributed by atoms with E-state index in [0.717, 1.165) is 25.3 Å². The van der Waals surface area contributed by atoms with Gasteiger partial charge in [0.05, 0.1) is 13.7 Å². The second kappa shape index (κ2) is 6.06. The van der Waals surface area contributed by atoms with Crippen molar-refractivity contribution in [2.45, 2.75) is 6.04 Å². The van der Waals surface area contributed by atoms with Gasteiger partial charge in [-0.05, 0) is 12.1 Å². The first-order valence-electron chi connectivity index (χ1n) is 4.94. The smallest absolute Gasteiger partial charge is 0.330 e. The number of nitrogens with one attached hydrogen (secondary N) is 1. The largest absolute Gasteiger partial charge is 0.467 e. The predicted molar refractivity (Wildman–Crippen MR) is 56.7 cm³/mol. The molecule has 0 saturated heterocycles. The number of amides is 1. The van der Waals surface area contributed by atoms with Crippen LogP contribution in [0.2, 0.25) is 0 Å². The van der Waals surface area contributed by atoms with E-state index in [0.29, 0.717) is 0 Å². The van der Waals surface area contributed by atoms with Crippen LogP contribution in [0.5, 0.6) is 0 Å². The van der Waals surface area contributed by atoms with Crippen LogP contribution in [0.4, 0.5) is 8.78 Å². The zero-order chi connectivity index (χ0) is 13.7. The Labute approximate surface area is 101 Å². The molecule has 0 unspecified atom stereocenters. The molecule has 1 amide bonds. The van der Waals surface area contributed by atoms with Gasteiger partial charge in [-0.15, -0.1) is 0 Å². The summed E-state index contributed by atoms with van der Waals surface area (Å²) in [7, 11) is 1.06. The van der Waals surface area contributed by atoms with Crippen molar-refractivity contribution in [2.75, 3.05) is 13.7 Å². The zero-order valence-corrected chi connectivity index (χ0v) is 9.44. The van der Waals surface area contributed by atoms with Gasteiger partial charge in [0.1, 0.15) is 17.2 Å². The Morgan fingerprint density at radius 1 is 1.39 bits per heavy atom. The number of aliphatic hydroxyl groups is 1. The fraction of sp³-hybridized carbons (Fsp3) is 0.273. The molecule has 0 aliphatic carbocycles. The lowest BCUT2D eigenvalue weighted by atomic mass is 10.1. The van der Waals surface area contributed by atoms with Crippen molar-refractivity contribution in [1.82, 2.24) is 5.32 Å². The fourth-order valence-electron chi connectivity index (χ4n) is 1.27. The number of esters is 1. The van der Waals surface area contributed by atoms with Crippen LogP contribution >= 0.6 is 0 Å². The van der Waals surface area contributed by atoms with Gasteiger partial charge in [-0.1, -0.05) is 6.07 Å². The van der Waals surface area contributed by atoms with Crippen molar-refractivity contribution in [1.29, 1.82) is 0 Å². The number of methoxy groups -OCH3 is 1. The van der Waals surface area contributed by atoms with Gasteiger partial charge in [-0.25, -0.2) is 13.6 Å². The number of hydrogen-bond acceptors (Lipinski definition) is 4. The first-order chi connectivity index (χ1) is 8.51. The normalized spacial score (nSPS) is 11.8. The van der Waals surface area contributed by atoms with Crippen molar-refractivity contribution >= 4 is 11.9 Å². The number of halogens is 2. The van der Waals surface area contributed by atoms with Crippen LogP contribution in [-0.2, 0) is 9.53 Å². The van der Waals surface area contributed by atoms with E-state index in [4.69, 9.17) is 5.11 Å². The van der Waals surface area contributed by atoms with Gasteiger partial charge in [0.15, 0.2) is 6.04 Å².